The monoisotopic (exact) mass is 404 g/mol. The Morgan fingerprint density at radius 2 is 1.17 bits per heavy atom. The van der Waals surface area contributed by atoms with Gasteiger partial charge >= 0.3 is 0 Å². The molecular weight excluding hydrogens is 372 g/mol. The van der Waals surface area contributed by atoms with Gasteiger partial charge in [-0.2, -0.15) is 10.2 Å². The van der Waals surface area contributed by atoms with E-state index in [-0.39, 0.29) is 0 Å². The Morgan fingerprint density at radius 1 is 0.700 bits per heavy atom. The van der Waals surface area contributed by atoms with Crippen molar-refractivity contribution in [1.82, 2.24) is 30.2 Å². The summed E-state index contributed by atoms with van der Waals surface area (Å²) in [4.78, 5) is 5.23. The minimum atomic E-state index is 0.487. The lowest BCUT2D eigenvalue weighted by atomic mass is 9.96. The first-order valence-electron chi connectivity index (χ1n) is 11.4. The second-order valence-electron chi connectivity index (χ2n) is 8.84. The number of nitrogens with zero attached hydrogens (tertiary/aromatic N) is 4. The van der Waals surface area contributed by atoms with Crippen LogP contribution in [0.1, 0.15) is 72.9 Å². The third kappa shape index (κ3) is 4.35. The molecule has 2 unspecified atom stereocenters. The average Bonchev–Trinajstić information content (AvgIpc) is 3.51. The topological polar surface area (TPSA) is 63.8 Å². The molecule has 4 heterocycles. The number of hydrogen-bond donors (Lipinski definition) is 2. The zero-order valence-electron chi connectivity index (χ0n) is 17.6. The molecule has 6 nitrogen and oxygen atoms in total. The molecule has 0 aliphatic carbocycles. The van der Waals surface area contributed by atoms with E-state index < -0.39 is 0 Å². The van der Waals surface area contributed by atoms with E-state index in [9.17, 15) is 0 Å². The highest BCUT2D eigenvalue weighted by molar-refractivity contribution is 5.24. The Bertz CT molecular complexity index is 811. The summed E-state index contributed by atoms with van der Waals surface area (Å²) < 4.78 is 0. The van der Waals surface area contributed by atoms with Crippen molar-refractivity contribution >= 4 is 0 Å². The smallest absolute Gasteiger partial charge is 0.0535 e. The fraction of sp³-hybridized carbons (Fsp3) is 0.500. The molecule has 0 saturated carbocycles. The predicted molar refractivity (Wildman–Crippen MR) is 118 cm³/mol. The van der Waals surface area contributed by atoms with Gasteiger partial charge in [-0.3, -0.25) is 20.0 Å². The van der Waals surface area contributed by atoms with E-state index in [1.54, 1.807) is 0 Å². The third-order valence-corrected chi connectivity index (χ3v) is 6.83. The van der Waals surface area contributed by atoms with Gasteiger partial charge in [0.15, 0.2) is 0 Å². The molecule has 0 spiro atoms. The van der Waals surface area contributed by atoms with Crippen LogP contribution >= 0.6 is 0 Å². The minimum Gasteiger partial charge on any atom is -0.292 e. The molecule has 2 atom stereocenters. The largest absolute Gasteiger partial charge is 0.292 e. The van der Waals surface area contributed by atoms with Gasteiger partial charge in [0.1, 0.15) is 0 Å². The number of rotatable bonds is 6. The fourth-order valence-electron chi connectivity index (χ4n) is 5.22. The molecule has 2 aliphatic rings. The molecule has 2 aliphatic heterocycles. The van der Waals surface area contributed by atoms with Gasteiger partial charge < -0.3 is 0 Å². The molecule has 3 aromatic rings. The number of aromatic nitrogens is 4. The molecule has 158 valence electrons. The van der Waals surface area contributed by atoms with Crippen LogP contribution in [0.25, 0.3) is 0 Å². The quantitative estimate of drug-likeness (QED) is 0.631. The van der Waals surface area contributed by atoms with Crippen LogP contribution < -0.4 is 0 Å². The molecule has 6 heteroatoms. The number of benzene rings is 1. The summed E-state index contributed by atoms with van der Waals surface area (Å²) in [7, 11) is 0. The molecule has 1 aromatic carbocycles. The molecule has 30 heavy (non-hydrogen) atoms. The van der Waals surface area contributed by atoms with Gasteiger partial charge in [0, 0.05) is 48.7 Å². The van der Waals surface area contributed by atoms with Crippen LogP contribution in [0.15, 0.2) is 49.1 Å². The summed E-state index contributed by atoms with van der Waals surface area (Å²) in [6.45, 7) is 4.35. The lowest BCUT2D eigenvalue weighted by Crippen LogP contribution is -2.33. The van der Waals surface area contributed by atoms with Crippen molar-refractivity contribution in [1.29, 1.82) is 0 Å². The summed E-state index contributed by atoms with van der Waals surface area (Å²) in [6, 6.07) is 10.3. The number of likely N-dealkylation sites (tertiary alicyclic amines) is 2. The summed E-state index contributed by atoms with van der Waals surface area (Å²) in [5.41, 5.74) is 5.45. The number of nitrogens with one attached hydrogen (secondary N) is 2. The fourth-order valence-corrected chi connectivity index (χ4v) is 5.22. The molecule has 0 radical (unpaired) electrons. The van der Waals surface area contributed by atoms with Gasteiger partial charge in [-0.15, -0.1) is 0 Å². The van der Waals surface area contributed by atoms with Crippen LogP contribution in [0.4, 0.5) is 0 Å². The normalized spacial score (nSPS) is 23.6. The zero-order chi connectivity index (χ0) is 20.2. The first kappa shape index (κ1) is 19.5. The molecule has 5 rings (SSSR count). The molecule has 0 amide bonds. The summed E-state index contributed by atoms with van der Waals surface area (Å²) in [5.74, 6) is 0. The Kier molecular flexibility index (Phi) is 5.95. The van der Waals surface area contributed by atoms with Crippen molar-refractivity contribution in [3.05, 3.63) is 71.3 Å². The number of H-pyrrole nitrogens is 2. The minimum absolute atomic E-state index is 0.487. The highest BCUT2D eigenvalue weighted by atomic mass is 15.2. The van der Waals surface area contributed by atoms with Crippen LogP contribution in [-0.2, 0) is 13.1 Å². The molecule has 2 N–H and O–H groups in total. The van der Waals surface area contributed by atoms with E-state index in [2.05, 4.69) is 66.9 Å². The number of aromatic amines is 2. The van der Waals surface area contributed by atoms with Gasteiger partial charge in [-0.05, 0) is 49.9 Å². The van der Waals surface area contributed by atoms with Gasteiger partial charge in [0.2, 0.25) is 0 Å². The van der Waals surface area contributed by atoms with Crippen molar-refractivity contribution in [3.63, 3.8) is 0 Å². The van der Waals surface area contributed by atoms with Crippen molar-refractivity contribution in [2.45, 2.75) is 63.7 Å². The van der Waals surface area contributed by atoms with Gasteiger partial charge in [0.05, 0.1) is 12.4 Å². The number of hydrogen-bond acceptors (Lipinski definition) is 4. The van der Waals surface area contributed by atoms with Gasteiger partial charge in [-0.1, -0.05) is 37.1 Å². The summed E-state index contributed by atoms with van der Waals surface area (Å²) >= 11 is 0. The highest BCUT2D eigenvalue weighted by Gasteiger charge is 2.26. The van der Waals surface area contributed by atoms with Crippen LogP contribution in [0.3, 0.4) is 0 Å². The van der Waals surface area contributed by atoms with E-state index in [1.807, 2.05) is 12.4 Å². The Hall–Kier alpha value is -2.44. The van der Waals surface area contributed by atoms with E-state index in [0.29, 0.717) is 12.1 Å². The predicted octanol–water partition coefficient (Wildman–Crippen LogP) is 4.59. The second kappa shape index (κ2) is 9.14. The van der Waals surface area contributed by atoms with Crippen molar-refractivity contribution < 1.29 is 0 Å². The standard InChI is InChI=1S/C24H32N6/c1-3-11-29(23(5-1)21-13-25-26-14-21)17-19-7-9-20(10-8-19)18-30-12-4-2-6-24(30)22-15-27-28-16-22/h7-10,13-16,23-24H,1-6,11-12,17-18H2,(H,25,26)(H,27,28). The highest BCUT2D eigenvalue weighted by Crippen LogP contribution is 2.33. The van der Waals surface area contributed by atoms with Gasteiger partial charge in [0.25, 0.3) is 0 Å². The maximum Gasteiger partial charge on any atom is 0.0535 e. The van der Waals surface area contributed by atoms with E-state index in [1.165, 1.54) is 60.8 Å². The Morgan fingerprint density at radius 3 is 1.57 bits per heavy atom. The first-order valence-corrected chi connectivity index (χ1v) is 11.4. The Balaban J connectivity index is 1.24. The van der Waals surface area contributed by atoms with Crippen LogP contribution in [0.2, 0.25) is 0 Å². The molecule has 2 fully saturated rings. The molecule has 2 aromatic heterocycles. The van der Waals surface area contributed by atoms with Crippen LogP contribution in [-0.4, -0.2) is 43.3 Å². The molecule has 2 saturated heterocycles. The molecular formula is C24H32N6. The van der Waals surface area contributed by atoms with Crippen molar-refractivity contribution in [2.24, 2.45) is 0 Å². The lowest BCUT2D eigenvalue weighted by Gasteiger charge is -2.36. The first-order chi connectivity index (χ1) is 14.9. The number of piperidine rings is 2. The second-order valence-corrected chi connectivity index (χ2v) is 8.84. The van der Waals surface area contributed by atoms with E-state index in [4.69, 9.17) is 0 Å². The SMILES string of the molecule is c1cc(CN2CCCCC2c2cn[nH]c2)ccc1CN1CCCCC1c1cn[nH]c1. The Labute approximate surface area is 178 Å². The van der Waals surface area contributed by atoms with E-state index >= 15 is 0 Å². The average molecular weight is 405 g/mol. The molecule has 0 bridgehead atoms. The summed E-state index contributed by atoms with van der Waals surface area (Å²) in [5, 5.41) is 14.3. The lowest BCUT2D eigenvalue weighted by molar-refractivity contribution is 0.139. The van der Waals surface area contributed by atoms with Crippen LogP contribution in [0.5, 0.6) is 0 Å². The van der Waals surface area contributed by atoms with Crippen molar-refractivity contribution in [3.8, 4) is 0 Å². The maximum absolute atomic E-state index is 4.17. The van der Waals surface area contributed by atoms with Crippen LogP contribution in [0, 0.1) is 0 Å². The summed E-state index contributed by atoms with van der Waals surface area (Å²) in [6.07, 6.45) is 15.7. The van der Waals surface area contributed by atoms with Crippen molar-refractivity contribution in [2.75, 3.05) is 13.1 Å². The zero-order valence-corrected chi connectivity index (χ0v) is 17.6. The van der Waals surface area contributed by atoms with Gasteiger partial charge in [-0.25, -0.2) is 0 Å². The third-order valence-electron chi connectivity index (χ3n) is 6.83. The van der Waals surface area contributed by atoms with E-state index in [0.717, 1.165) is 26.2 Å². The maximum atomic E-state index is 4.17.